The van der Waals surface area contributed by atoms with Crippen LogP contribution in [0.3, 0.4) is 0 Å². The van der Waals surface area contributed by atoms with Crippen LogP contribution in [0.15, 0.2) is 53.4 Å². The SMILES string of the molecule is O=[N+]([O-])c1ccc(Oc2c(Cl)cc(S(=O)(=O)Nc3cccc(Cl)c3Cl)cc2Cl)c(Cl)c1. The number of nitro groups is 1. The number of hydrogen-bond acceptors (Lipinski definition) is 5. The van der Waals surface area contributed by atoms with Crippen molar-refractivity contribution in [1.29, 1.82) is 0 Å². The molecule has 0 saturated heterocycles. The van der Waals surface area contributed by atoms with Gasteiger partial charge in [0.25, 0.3) is 15.7 Å². The topological polar surface area (TPSA) is 98.5 Å². The van der Waals surface area contributed by atoms with Gasteiger partial charge < -0.3 is 4.74 Å². The summed E-state index contributed by atoms with van der Waals surface area (Å²) in [6, 6.07) is 10.2. The molecule has 31 heavy (non-hydrogen) atoms. The lowest BCUT2D eigenvalue weighted by molar-refractivity contribution is -0.384. The van der Waals surface area contributed by atoms with Crippen LogP contribution in [-0.4, -0.2) is 13.3 Å². The Bertz CT molecular complexity index is 1280. The van der Waals surface area contributed by atoms with Crippen molar-refractivity contribution in [3.8, 4) is 11.5 Å². The molecule has 0 bridgehead atoms. The number of nitrogens with zero attached hydrogens (tertiary/aromatic N) is 1. The van der Waals surface area contributed by atoms with E-state index in [1.165, 1.54) is 30.3 Å². The van der Waals surface area contributed by atoms with Crippen molar-refractivity contribution in [3.05, 3.63) is 83.8 Å². The summed E-state index contributed by atoms with van der Waals surface area (Å²) in [5, 5.41) is 10.7. The summed E-state index contributed by atoms with van der Waals surface area (Å²) >= 11 is 30.3. The second-order valence-corrected chi connectivity index (χ2v) is 9.59. The molecule has 0 aromatic heterocycles. The van der Waals surface area contributed by atoms with Crippen LogP contribution in [0, 0.1) is 10.1 Å². The lowest BCUT2D eigenvalue weighted by atomic mass is 10.3. The average molecular weight is 543 g/mol. The van der Waals surface area contributed by atoms with E-state index >= 15 is 0 Å². The van der Waals surface area contributed by atoms with Crippen LogP contribution >= 0.6 is 58.0 Å². The molecule has 1 N–H and O–H groups in total. The number of nitro benzene ring substituents is 1. The molecule has 3 aromatic rings. The number of hydrogen-bond donors (Lipinski definition) is 1. The van der Waals surface area contributed by atoms with Crippen LogP contribution in [0.25, 0.3) is 0 Å². The zero-order valence-corrected chi connectivity index (χ0v) is 19.5. The zero-order chi connectivity index (χ0) is 22.9. The number of non-ortho nitro benzene ring substituents is 1. The molecule has 162 valence electrons. The van der Waals surface area contributed by atoms with Gasteiger partial charge in [-0.15, -0.1) is 0 Å². The Morgan fingerprint density at radius 1 is 0.871 bits per heavy atom. The Hall–Kier alpha value is -1.94. The van der Waals surface area contributed by atoms with Crippen LogP contribution in [-0.2, 0) is 10.0 Å². The Kier molecular flexibility index (Phi) is 7.10. The van der Waals surface area contributed by atoms with E-state index in [1.54, 1.807) is 0 Å². The van der Waals surface area contributed by atoms with Gasteiger partial charge in [-0.3, -0.25) is 14.8 Å². The summed E-state index contributed by atoms with van der Waals surface area (Å²) in [4.78, 5) is 9.94. The summed E-state index contributed by atoms with van der Waals surface area (Å²) < 4.78 is 33.3. The molecule has 0 spiro atoms. The van der Waals surface area contributed by atoms with Crippen molar-refractivity contribution in [2.45, 2.75) is 4.90 Å². The van der Waals surface area contributed by atoms with Crippen LogP contribution in [0.2, 0.25) is 25.1 Å². The zero-order valence-electron chi connectivity index (χ0n) is 14.9. The predicted molar refractivity (Wildman–Crippen MR) is 122 cm³/mol. The van der Waals surface area contributed by atoms with Crippen molar-refractivity contribution in [2.75, 3.05) is 4.72 Å². The lowest BCUT2D eigenvalue weighted by Crippen LogP contribution is -2.13. The van der Waals surface area contributed by atoms with Crippen molar-refractivity contribution in [1.82, 2.24) is 0 Å². The highest BCUT2D eigenvalue weighted by molar-refractivity contribution is 7.92. The molecule has 0 radical (unpaired) electrons. The van der Waals surface area contributed by atoms with Gasteiger partial charge in [-0.25, -0.2) is 8.42 Å². The smallest absolute Gasteiger partial charge is 0.271 e. The molecular formula is C18H9Cl5N2O5S. The van der Waals surface area contributed by atoms with Crippen molar-refractivity contribution in [3.63, 3.8) is 0 Å². The number of benzene rings is 3. The molecule has 0 amide bonds. The molecule has 0 fully saturated rings. The highest BCUT2D eigenvalue weighted by atomic mass is 35.5. The van der Waals surface area contributed by atoms with Crippen molar-refractivity contribution < 1.29 is 18.1 Å². The minimum absolute atomic E-state index is 0.0256. The lowest BCUT2D eigenvalue weighted by Gasteiger charge is -2.14. The Morgan fingerprint density at radius 3 is 2.10 bits per heavy atom. The number of rotatable bonds is 6. The molecule has 0 aliphatic rings. The van der Waals surface area contributed by atoms with E-state index in [0.29, 0.717) is 0 Å². The number of nitrogens with one attached hydrogen (secondary N) is 1. The minimum Gasteiger partial charge on any atom is -0.453 e. The van der Waals surface area contributed by atoms with Gasteiger partial charge in [0.15, 0.2) is 5.75 Å². The van der Waals surface area contributed by atoms with Gasteiger partial charge in [0.05, 0.1) is 40.6 Å². The van der Waals surface area contributed by atoms with E-state index in [9.17, 15) is 18.5 Å². The van der Waals surface area contributed by atoms with Gasteiger partial charge in [0.2, 0.25) is 0 Å². The molecule has 0 heterocycles. The van der Waals surface area contributed by atoms with Crippen LogP contribution in [0.4, 0.5) is 11.4 Å². The number of sulfonamides is 1. The molecule has 3 aromatic carbocycles. The maximum absolute atomic E-state index is 12.7. The fourth-order valence-electron chi connectivity index (χ4n) is 2.37. The molecule has 0 atom stereocenters. The first-order chi connectivity index (χ1) is 14.5. The monoisotopic (exact) mass is 540 g/mol. The number of halogens is 5. The molecule has 3 rings (SSSR count). The normalized spacial score (nSPS) is 11.3. The van der Waals surface area contributed by atoms with Crippen molar-refractivity contribution >= 4 is 79.4 Å². The van der Waals surface area contributed by atoms with E-state index in [4.69, 9.17) is 62.7 Å². The highest BCUT2D eigenvalue weighted by Crippen LogP contribution is 2.41. The van der Waals surface area contributed by atoms with Crippen LogP contribution in [0.5, 0.6) is 11.5 Å². The number of ether oxygens (including phenoxy) is 1. The van der Waals surface area contributed by atoms with E-state index in [0.717, 1.165) is 18.2 Å². The summed E-state index contributed by atoms with van der Waals surface area (Å²) in [6.07, 6.45) is 0. The first-order valence-electron chi connectivity index (χ1n) is 8.07. The standard InChI is InChI=1S/C18H9Cl5N2O5S/c19-11-2-1-3-15(17(11)23)24-31(28,29)10-7-13(21)18(14(22)8-10)30-16-5-4-9(25(26)27)6-12(16)20/h1-8,24H. The van der Waals surface area contributed by atoms with Gasteiger partial charge in [-0.05, 0) is 30.3 Å². The van der Waals surface area contributed by atoms with Gasteiger partial charge in [0.1, 0.15) is 5.75 Å². The molecule has 0 aliphatic carbocycles. The van der Waals surface area contributed by atoms with E-state index < -0.39 is 14.9 Å². The Labute approximate surface area is 201 Å². The molecule has 0 aliphatic heterocycles. The Morgan fingerprint density at radius 2 is 1.52 bits per heavy atom. The first-order valence-corrected chi connectivity index (χ1v) is 11.4. The largest absolute Gasteiger partial charge is 0.453 e. The summed E-state index contributed by atoms with van der Waals surface area (Å²) in [5.41, 5.74) is -0.166. The third-order valence-electron chi connectivity index (χ3n) is 3.82. The second-order valence-electron chi connectivity index (χ2n) is 5.90. The van der Waals surface area contributed by atoms with Gasteiger partial charge >= 0.3 is 0 Å². The maximum atomic E-state index is 12.7. The van der Waals surface area contributed by atoms with E-state index in [2.05, 4.69) is 4.72 Å². The third-order valence-corrected chi connectivity index (χ3v) is 6.84. The third kappa shape index (κ3) is 5.28. The minimum atomic E-state index is -4.13. The van der Waals surface area contributed by atoms with Crippen LogP contribution < -0.4 is 9.46 Å². The fraction of sp³-hybridized carbons (Fsp3) is 0. The molecule has 7 nitrogen and oxygen atoms in total. The van der Waals surface area contributed by atoms with E-state index in [-0.39, 0.29) is 52.9 Å². The fourth-order valence-corrected chi connectivity index (χ4v) is 4.81. The van der Waals surface area contributed by atoms with Crippen LogP contribution in [0.1, 0.15) is 0 Å². The molecule has 0 unspecified atom stereocenters. The van der Waals surface area contributed by atoms with Gasteiger partial charge in [-0.2, -0.15) is 0 Å². The first kappa shape index (κ1) is 23.7. The molecular weight excluding hydrogens is 534 g/mol. The molecule has 0 saturated carbocycles. The van der Waals surface area contributed by atoms with E-state index in [1.807, 2.05) is 0 Å². The summed E-state index contributed by atoms with van der Waals surface area (Å²) in [7, 11) is -4.13. The summed E-state index contributed by atoms with van der Waals surface area (Å²) in [6.45, 7) is 0. The quantitative estimate of drug-likeness (QED) is 0.258. The Balaban J connectivity index is 1.93. The molecule has 13 heteroatoms. The number of anilines is 1. The van der Waals surface area contributed by atoms with Gasteiger partial charge in [0, 0.05) is 12.1 Å². The van der Waals surface area contributed by atoms with Crippen molar-refractivity contribution in [2.24, 2.45) is 0 Å². The summed E-state index contributed by atoms with van der Waals surface area (Å²) in [5.74, 6) is -0.0469. The van der Waals surface area contributed by atoms with Gasteiger partial charge in [-0.1, -0.05) is 64.1 Å². The maximum Gasteiger partial charge on any atom is 0.271 e. The second kappa shape index (κ2) is 9.28. The average Bonchev–Trinajstić information content (AvgIpc) is 2.68. The highest BCUT2D eigenvalue weighted by Gasteiger charge is 2.22. The predicted octanol–water partition coefficient (Wildman–Crippen LogP) is 7.45.